The zero-order chi connectivity index (χ0) is 10.8. The third-order valence-electron chi connectivity index (χ3n) is 2.76. The average molecular weight is 270 g/mol. The molecule has 82 valence electrons. The van der Waals surface area contributed by atoms with Gasteiger partial charge in [0, 0.05) is 16.1 Å². The van der Waals surface area contributed by atoms with Crippen LogP contribution in [0.2, 0.25) is 0 Å². The van der Waals surface area contributed by atoms with Gasteiger partial charge in [0.15, 0.2) is 0 Å². The molecule has 0 aliphatic heterocycles. The highest BCUT2D eigenvalue weighted by molar-refractivity contribution is 9.10. The van der Waals surface area contributed by atoms with E-state index in [4.69, 9.17) is 10.5 Å². The topological polar surface area (TPSA) is 35.2 Å². The summed E-state index contributed by atoms with van der Waals surface area (Å²) in [6, 6.07) is 6.19. The molecular weight excluding hydrogens is 254 g/mol. The predicted octanol–water partition coefficient (Wildman–Crippen LogP) is 3.26. The van der Waals surface area contributed by atoms with Gasteiger partial charge < -0.3 is 10.5 Å². The van der Waals surface area contributed by atoms with Gasteiger partial charge in [-0.1, -0.05) is 15.9 Å². The molecule has 2 rings (SSSR count). The van der Waals surface area contributed by atoms with Crippen molar-refractivity contribution >= 4 is 15.9 Å². The lowest BCUT2D eigenvalue weighted by molar-refractivity contribution is 0.332. The standard InChI is InChI=1S/C12H16BrNO/c1-2-15-11-6-5-9(13)7-10(11)12(14)8-3-4-8/h5-8,12H,2-4,14H2,1H3. The van der Waals surface area contributed by atoms with E-state index in [2.05, 4.69) is 22.0 Å². The summed E-state index contributed by atoms with van der Waals surface area (Å²) in [5, 5.41) is 0. The lowest BCUT2D eigenvalue weighted by Gasteiger charge is -2.16. The number of rotatable bonds is 4. The van der Waals surface area contributed by atoms with Crippen LogP contribution in [0.1, 0.15) is 31.4 Å². The fraction of sp³-hybridized carbons (Fsp3) is 0.500. The van der Waals surface area contributed by atoms with E-state index in [9.17, 15) is 0 Å². The number of nitrogens with two attached hydrogens (primary N) is 1. The van der Waals surface area contributed by atoms with Crippen LogP contribution in [0.4, 0.5) is 0 Å². The molecule has 0 bridgehead atoms. The summed E-state index contributed by atoms with van der Waals surface area (Å²) in [5.41, 5.74) is 7.33. The largest absolute Gasteiger partial charge is 0.494 e. The quantitative estimate of drug-likeness (QED) is 0.911. The van der Waals surface area contributed by atoms with Crippen molar-refractivity contribution in [3.63, 3.8) is 0 Å². The van der Waals surface area contributed by atoms with Crippen molar-refractivity contribution in [1.82, 2.24) is 0 Å². The molecule has 2 N–H and O–H groups in total. The molecule has 0 aromatic heterocycles. The Morgan fingerprint density at radius 2 is 2.27 bits per heavy atom. The first-order valence-electron chi connectivity index (χ1n) is 5.40. The summed E-state index contributed by atoms with van der Waals surface area (Å²) in [4.78, 5) is 0. The van der Waals surface area contributed by atoms with Crippen molar-refractivity contribution in [3.05, 3.63) is 28.2 Å². The van der Waals surface area contributed by atoms with Crippen molar-refractivity contribution < 1.29 is 4.74 Å². The van der Waals surface area contributed by atoms with Crippen LogP contribution >= 0.6 is 15.9 Å². The minimum Gasteiger partial charge on any atom is -0.494 e. The normalized spacial score (nSPS) is 17.5. The molecule has 1 saturated carbocycles. The summed E-state index contributed by atoms with van der Waals surface area (Å²) >= 11 is 3.47. The first kappa shape index (κ1) is 11.0. The smallest absolute Gasteiger partial charge is 0.124 e. The highest BCUT2D eigenvalue weighted by atomic mass is 79.9. The maximum absolute atomic E-state index is 6.20. The Morgan fingerprint density at radius 1 is 1.53 bits per heavy atom. The van der Waals surface area contributed by atoms with Gasteiger partial charge in [-0.15, -0.1) is 0 Å². The van der Waals surface area contributed by atoms with E-state index in [0.29, 0.717) is 12.5 Å². The second-order valence-corrected chi connectivity index (χ2v) is 4.89. The molecule has 3 heteroatoms. The van der Waals surface area contributed by atoms with Gasteiger partial charge >= 0.3 is 0 Å². The van der Waals surface area contributed by atoms with Gasteiger partial charge in [0.2, 0.25) is 0 Å². The molecule has 0 spiro atoms. The van der Waals surface area contributed by atoms with Crippen molar-refractivity contribution in [2.24, 2.45) is 11.7 Å². The Bertz CT molecular complexity index is 349. The molecule has 1 aliphatic rings. The molecule has 1 atom stereocenters. The van der Waals surface area contributed by atoms with Gasteiger partial charge in [0.25, 0.3) is 0 Å². The van der Waals surface area contributed by atoms with E-state index < -0.39 is 0 Å². The molecule has 2 nitrogen and oxygen atoms in total. The van der Waals surface area contributed by atoms with E-state index in [1.807, 2.05) is 19.1 Å². The molecule has 1 unspecified atom stereocenters. The van der Waals surface area contributed by atoms with E-state index in [-0.39, 0.29) is 6.04 Å². The molecule has 1 aromatic carbocycles. The van der Waals surface area contributed by atoms with Crippen LogP contribution in [0.5, 0.6) is 5.75 Å². The maximum atomic E-state index is 6.20. The van der Waals surface area contributed by atoms with Crippen molar-refractivity contribution in [2.45, 2.75) is 25.8 Å². The third-order valence-corrected chi connectivity index (χ3v) is 3.25. The van der Waals surface area contributed by atoms with E-state index in [1.165, 1.54) is 12.8 Å². The zero-order valence-electron chi connectivity index (χ0n) is 8.87. The average Bonchev–Trinajstić information content (AvgIpc) is 3.03. The third kappa shape index (κ3) is 2.52. The Hall–Kier alpha value is -0.540. The van der Waals surface area contributed by atoms with E-state index >= 15 is 0 Å². The van der Waals surface area contributed by atoms with Crippen molar-refractivity contribution in [3.8, 4) is 5.75 Å². The van der Waals surface area contributed by atoms with Gasteiger partial charge in [0.05, 0.1) is 6.61 Å². The lowest BCUT2D eigenvalue weighted by Crippen LogP contribution is -2.14. The molecule has 0 heterocycles. The van der Waals surface area contributed by atoms with Crippen LogP contribution < -0.4 is 10.5 Å². The second kappa shape index (κ2) is 4.54. The summed E-state index contributed by atoms with van der Waals surface area (Å²) in [7, 11) is 0. The van der Waals surface area contributed by atoms with Gasteiger partial charge in [-0.25, -0.2) is 0 Å². The number of benzene rings is 1. The first-order chi connectivity index (χ1) is 7.22. The van der Waals surface area contributed by atoms with E-state index in [1.54, 1.807) is 0 Å². The molecular formula is C12H16BrNO. The van der Waals surface area contributed by atoms with Crippen molar-refractivity contribution in [1.29, 1.82) is 0 Å². The highest BCUT2D eigenvalue weighted by Crippen LogP contribution is 2.42. The van der Waals surface area contributed by atoms with Gasteiger partial charge in [-0.3, -0.25) is 0 Å². The highest BCUT2D eigenvalue weighted by Gasteiger charge is 2.31. The van der Waals surface area contributed by atoms with Crippen LogP contribution in [0.25, 0.3) is 0 Å². The van der Waals surface area contributed by atoms with Crippen LogP contribution in [0.3, 0.4) is 0 Å². The predicted molar refractivity (Wildman–Crippen MR) is 65.0 cm³/mol. The fourth-order valence-electron chi connectivity index (χ4n) is 1.78. The zero-order valence-corrected chi connectivity index (χ0v) is 10.5. The SMILES string of the molecule is CCOc1ccc(Br)cc1C(N)C1CC1. The Morgan fingerprint density at radius 3 is 2.87 bits per heavy atom. The van der Waals surface area contributed by atoms with Gasteiger partial charge in [0.1, 0.15) is 5.75 Å². The Labute approximate surface area is 98.9 Å². The molecule has 1 fully saturated rings. The van der Waals surface area contributed by atoms with Crippen LogP contribution in [0.15, 0.2) is 22.7 Å². The van der Waals surface area contributed by atoms with E-state index in [0.717, 1.165) is 15.8 Å². The summed E-state index contributed by atoms with van der Waals surface area (Å²) in [6.45, 7) is 2.68. The molecule has 1 aliphatic carbocycles. The minimum atomic E-state index is 0.129. The lowest BCUT2D eigenvalue weighted by atomic mass is 10.0. The summed E-state index contributed by atoms with van der Waals surface area (Å²) in [6.07, 6.45) is 2.50. The maximum Gasteiger partial charge on any atom is 0.124 e. The molecule has 1 aromatic rings. The van der Waals surface area contributed by atoms with Gasteiger partial charge in [-0.05, 0) is 43.9 Å². The molecule has 0 saturated heterocycles. The first-order valence-corrected chi connectivity index (χ1v) is 6.19. The van der Waals surface area contributed by atoms with Crippen LogP contribution in [0, 0.1) is 5.92 Å². The fourth-order valence-corrected chi connectivity index (χ4v) is 2.15. The second-order valence-electron chi connectivity index (χ2n) is 3.98. The van der Waals surface area contributed by atoms with Crippen LogP contribution in [-0.2, 0) is 0 Å². The summed E-state index contributed by atoms with van der Waals surface area (Å²) in [5.74, 6) is 1.58. The Balaban J connectivity index is 2.28. The molecule has 0 radical (unpaired) electrons. The minimum absolute atomic E-state index is 0.129. The Kier molecular flexibility index (Phi) is 3.32. The summed E-state index contributed by atoms with van der Waals surface area (Å²) < 4.78 is 6.66. The number of hydrogen-bond acceptors (Lipinski definition) is 2. The molecule has 0 amide bonds. The molecule has 15 heavy (non-hydrogen) atoms. The van der Waals surface area contributed by atoms with Crippen LogP contribution in [-0.4, -0.2) is 6.61 Å². The van der Waals surface area contributed by atoms with Crippen molar-refractivity contribution in [2.75, 3.05) is 6.61 Å². The number of hydrogen-bond donors (Lipinski definition) is 1. The monoisotopic (exact) mass is 269 g/mol. The number of halogens is 1. The number of ether oxygens (including phenoxy) is 1. The van der Waals surface area contributed by atoms with Gasteiger partial charge in [-0.2, -0.15) is 0 Å².